The Labute approximate surface area is 197 Å². The monoisotopic (exact) mass is 492 g/mol. The zero-order chi connectivity index (χ0) is 25.4. The Bertz CT molecular complexity index is 1280. The molecule has 0 spiro atoms. The van der Waals surface area contributed by atoms with Crippen LogP contribution in [0, 0.1) is 0 Å². The lowest BCUT2D eigenvalue weighted by Crippen LogP contribution is -2.60. The van der Waals surface area contributed by atoms with E-state index in [1.54, 1.807) is 0 Å². The molecule has 1 fully saturated rings. The van der Waals surface area contributed by atoms with Crippen LogP contribution in [0.4, 0.5) is 0 Å². The molecule has 188 valence electrons. The number of hydrogen-bond donors (Lipinski definition) is 6. The SMILES string of the molecule is COc1cc(-c2cc(=O)c3c(O)c(OC)c(O[C@@H]4O[C@H](CO)[C@@H](O)[C@@H](O)[C@H]4O)cc3o2)ccc1O. The summed E-state index contributed by atoms with van der Waals surface area (Å²) in [6, 6.07) is 6.67. The fourth-order valence-corrected chi connectivity index (χ4v) is 3.81. The van der Waals surface area contributed by atoms with Crippen molar-refractivity contribution in [1.82, 2.24) is 0 Å². The Morgan fingerprint density at radius 3 is 2.34 bits per heavy atom. The summed E-state index contributed by atoms with van der Waals surface area (Å²) in [4.78, 5) is 12.8. The third-order valence-corrected chi connectivity index (χ3v) is 5.67. The van der Waals surface area contributed by atoms with Gasteiger partial charge < -0.3 is 54.0 Å². The number of phenols is 2. The van der Waals surface area contributed by atoms with Crippen LogP contribution in [0.5, 0.6) is 28.7 Å². The normalized spacial score (nSPS) is 24.3. The second-order valence-electron chi connectivity index (χ2n) is 7.81. The number of hydrogen-bond acceptors (Lipinski definition) is 12. The second kappa shape index (κ2) is 9.60. The van der Waals surface area contributed by atoms with Gasteiger partial charge in [-0.25, -0.2) is 0 Å². The van der Waals surface area contributed by atoms with Gasteiger partial charge in [0.2, 0.25) is 12.0 Å². The fraction of sp³-hybridized carbons (Fsp3) is 0.348. The first kappa shape index (κ1) is 24.6. The molecule has 4 rings (SSSR count). The Morgan fingerprint density at radius 1 is 0.943 bits per heavy atom. The summed E-state index contributed by atoms with van der Waals surface area (Å²) in [5, 5.41) is 60.0. The van der Waals surface area contributed by atoms with Gasteiger partial charge in [0, 0.05) is 17.7 Å². The number of aliphatic hydroxyl groups excluding tert-OH is 4. The molecule has 1 aromatic heterocycles. The maximum absolute atomic E-state index is 12.8. The van der Waals surface area contributed by atoms with Crippen molar-refractivity contribution in [3.63, 3.8) is 0 Å². The number of aliphatic hydroxyl groups is 4. The molecule has 1 aliphatic heterocycles. The molecule has 0 unspecified atom stereocenters. The minimum atomic E-state index is -1.72. The summed E-state index contributed by atoms with van der Waals surface area (Å²) < 4.78 is 27.0. The van der Waals surface area contributed by atoms with Crippen molar-refractivity contribution >= 4 is 11.0 Å². The second-order valence-corrected chi connectivity index (χ2v) is 7.81. The highest BCUT2D eigenvalue weighted by Crippen LogP contribution is 2.43. The predicted octanol–water partition coefficient (Wildman–Crippen LogP) is 0.0671. The summed E-state index contributed by atoms with van der Waals surface area (Å²) in [7, 11) is 2.57. The van der Waals surface area contributed by atoms with Gasteiger partial charge in [-0.1, -0.05) is 0 Å². The van der Waals surface area contributed by atoms with Crippen LogP contribution >= 0.6 is 0 Å². The van der Waals surface area contributed by atoms with Gasteiger partial charge in [0.1, 0.15) is 41.1 Å². The molecule has 12 nitrogen and oxygen atoms in total. The molecule has 1 saturated heterocycles. The summed E-state index contributed by atoms with van der Waals surface area (Å²) in [6.07, 6.45) is -7.82. The number of fused-ring (bicyclic) bond motifs is 1. The summed E-state index contributed by atoms with van der Waals surface area (Å²) in [6.45, 7) is -0.667. The van der Waals surface area contributed by atoms with Crippen LogP contribution < -0.4 is 19.6 Å². The third kappa shape index (κ3) is 4.33. The number of methoxy groups -OCH3 is 2. The molecule has 5 atom stereocenters. The smallest absolute Gasteiger partial charge is 0.229 e. The standard InChI is InChI=1S/C23H24O12/c1-31-13-5-9(3-4-10(13)25)12-6-11(26)17-14(33-12)7-15(22(32-2)19(17)28)34-23-21(30)20(29)18(27)16(8-24)35-23/h3-7,16,18,20-21,23-25,27-30H,8H2,1-2H3/t16-,18-,20-,21-,23-/m1/s1. The van der Waals surface area contributed by atoms with Crippen molar-refractivity contribution in [3.8, 4) is 40.1 Å². The molecule has 0 saturated carbocycles. The van der Waals surface area contributed by atoms with E-state index in [1.807, 2.05) is 0 Å². The molecule has 35 heavy (non-hydrogen) atoms. The first-order valence-electron chi connectivity index (χ1n) is 10.4. The topological polar surface area (TPSA) is 189 Å². The average Bonchev–Trinajstić information content (AvgIpc) is 2.84. The van der Waals surface area contributed by atoms with E-state index >= 15 is 0 Å². The number of ether oxygens (including phenoxy) is 4. The van der Waals surface area contributed by atoms with Crippen LogP contribution in [-0.4, -0.2) is 82.2 Å². The van der Waals surface area contributed by atoms with Crippen LogP contribution in [0.2, 0.25) is 0 Å². The van der Waals surface area contributed by atoms with E-state index in [-0.39, 0.29) is 39.7 Å². The van der Waals surface area contributed by atoms with Gasteiger partial charge in [-0.2, -0.15) is 0 Å². The first-order valence-corrected chi connectivity index (χ1v) is 10.4. The first-order chi connectivity index (χ1) is 16.7. The molecule has 6 N–H and O–H groups in total. The number of rotatable bonds is 6. The third-order valence-electron chi connectivity index (χ3n) is 5.67. The Kier molecular flexibility index (Phi) is 6.74. The molecule has 0 radical (unpaired) electrons. The zero-order valence-corrected chi connectivity index (χ0v) is 18.6. The van der Waals surface area contributed by atoms with Gasteiger partial charge in [0.05, 0.1) is 20.8 Å². The van der Waals surface area contributed by atoms with Crippen molar-refractivity contribution in [3.05, 3.63) is 40.6 Å². The maximum atomic E-state index is 12.8. The molecule has 0 aliphatic carbocycles. The van der Waals surface area contributed by atoms with Gasteiger partial charge in [0.25, 0.3) is 0 Å². The summed E-state index contributed by atoms with van der Waals surface area (Å²) in [5.41, 5.74) is -0.328. The Hall–Kier alpha value is -3.55. The molecule has 2 aromatic carbocycles. The van der Waals surface area contributed by atoms with E-state index in [2.05, 4.69) is 0 Å². The van der Waals surface area contributed by atoms with E-state index in [9.17, 15) is 35.4 Å². The number of aromatic hydroxyl groups is 2. The van der Waals surface area contributed by atoms with Crippen LogP contribution in [-0.2, 0) is 4.74 Å². The molecule has 0 amide bonds. The van der Waals surface area contributed by atoms with E-state index in [0.717, 1.165) is 6.07 Å². The fourth-order valence-electron chi connectivity index (χ4n) is 3.81. The van der Waals surface area contributed by atoms with Crippen LogP contribution in [0.15, 0.2) is 39.5 Å². The highest BCUT2D eigenvalue weighted by molar-refractivity contribution is 5.89. The van der Waals surface area contributed by atoms with E-state index < -0.39 is 48.5 Å². The minimum absolute atomic E-state index is 0.0872. The highest BCUT2D eigenvalue weighted by atomic mass is 16.7. The van der Waals surface area contributed by atoms with Crippen molar-refractivity contribution in [2.24, 2.45) is 0 Å². The molecule has 1 aliphatic rings. The Balaban J connectivity index is 1.80. The minimum Gasteiger partial charge on any atom is -0.504 e. The molecule has 12 heteroatoms. The van der Waals surface area contributed by atoms with Crippen molar-refractivity contribution in [2.45, 2.75) is 30.7 Å². The van der Waals surface area contributed by atoms with E-state index in [0.29, 0.717) is 5.56 Å². The van der Waals surface area contributed by atoms with E-state index in [1.165, 1.54) is 38.5 Å². The van der Waals surface area contributed by atoms with Gasteiger partial charge >= 0.3 is 0 Å². The molecule has 0 bridgehead atoms. The van der Waals surface area contributed by atoms with E-state index in [4.69, 9.17) is 23.4 Å². The van der Waals surface area contributed by atoms with Crippen molar-refractivity contribution in [2.75, 3.05) is 20.8 Å². The highest BCUT2D eigenvalue weighted by Gasteiger charge is 2.45. The molecular weight excluding hydrogens is 468 g/mol. The van der Waals surface area contributed by atoms with Gasteiger partial charge in [-0.15, -0.1) is 0 Å². The molecular formula is C23H24O12. The Morgan fingerprint density at radius 2 is 1.69 bits per heavy atom. The quantitative estimate of drug-likeness (QED) is 0.272. The lowest BCUT2D eigenvalue weighted by molar-refractivity contribution is -0.277. The zero-order valence-electron chi connectivity index (χ0n) is 18.6. The molecule has 2 heterocycles. The summed E-state index contributed by atoms with van der Waals surface area (Å²) in [5.74, 6) is -0.977. The lowest BCUT2D eigenvalue weighted by Gasteiger charge is -2.39. The largest absolute Gasteiger partial charge is 0.504 e. The van der Waals surface area contributed by atoms with Crippen LogP contribution in [0.25, 0.3) is 22.3 Å². The average molecular weight is 492 g/mol. The summed E-state index contributed by atoms with van der Waals surface area (Å²) >= 11 is 0. The lowest BCUT2D eigenvalue weighted by atomic mass is 9.99. The van der Waals surface area contributed by atoms with Crippen molar-refractivity contribution < 1.29 is 54.0 Å². The maximum Gasteiger partial charge on any atom is 0.229 e. The van der Waals surface area contributed by atoms with Gasteiger partial charge in [-0.3, -0.25) is 4.79 Å². The van der Waals surface area contributed by atoms with Crippen molar-refractivity contribution in [1.29, 1.82) is 0 Å². The number of benzene rings is 2. The predicted molar refractivity (Wildman–Crippen MR) is 119 cm³/mol. The number of phenolic OH excluding ortho intramolecular Hbond substituents is 2. The van der Waals surface area contributed by atoms with Gasteiger partial charge in [0.15, 0.2) is 28.4 Å². The molecule has 3 aromatic rings. The van der Waals surface area contributed by atoms with Crippen LogP contribution in [0.1, 0.15) is 0 Å². The van der Waals surface area contributed by atoms with Gasteiger partial charge in [-0.05, 0) is 18.2 Å². The van der Waals surface area contributed by atoms with Crippen LogP contribution in [0.3, 0.4) is 0 Å².